The Morgan fingerprint density at radius 2 is 2.22 bits per heavy atom. The molecule has 1 amide bonds. The normalized spacial score (nSPS) is 26.3. The van der Waals surface area contributed by atoms with E-state index in [1.54, 1.807) is 0 Å². The molecule has 1 atom stereocenters. The van der Waals surface area contributed by atoms with Crippen LogP contribution in [-0.2, 0) is 14.3 Å². The Morgan fingerprint density at radius 3 is 2.94 bits per heavy atom. The topological polar surface area (TPSA) is 50.8 Å². The van der Waals surface area contributed by atoms with E-state index in [1.807, 2.05) is 4.90 Å². The minimum absolute atomic E-state index is 0.115. The van der Waals surface area contributed by atoms with E-state index in [1.165, 1.54) is 0 Å². The van der Waals surface area contributed by atoms with E-state index in [0.29, 0.717) is 19.8 Å². The van der Waals surface area contributed by atoms with Gasteiger partial charge in [0.15, 0.2) is 0 Å². The highest BCUT2D eigenvalue weighted by Gasteiger charge is 2.26. The summed E-state index contributed by atoms with van der Waals surface area (Å²) in [6.45, 7) is 6.31. The third-order valence-corrected chi connectivity index (χ3v) is 3.75. The van der Waals surface area contributed by atoms with Crippen molar-refractivity contribution in [1.82, 2.24) is 10.2 Å². The van der Waals surface area contributed by atoms with E-state index in [0.717, 1.165) is 32.4 Å². The number of nitrogens with zero attached hydrogens (tertiary/aromatic N) is 1. The van der Waals surface area contributed by atoms with Gasteiger partial charge in [-0.1, -0.05) is 6.92 Å². The summed E-state index contributed by atoms with van der Waals surface area (Å²) in [7, 11) is 0. The molecule has 0 aliphatic carbocycles. The molecule has 0 bridgehead atoms. The van der Waals surface area contributed by atoms with Gasteiger partial charge in [-0.2, -0.15) is 0 Å². The summed E-state index contributed by atoms with van der Waals surface area (Å²) < 4.78 is 11.1. The lowest BCUT2D eigenvalue weighted by molar-refractivity contribution is -0.147. The van der Waals surface area contributed by atoms with Crippen molar-refractivity contribution < 1.29 is 14.3 Å². The van der Waals surface area contributed by atoms with Crippen LogP contribution in [0.5, 0.6) is 0 Å². The predicted molar refractivity (Wildman–Crippen MR) is 68.5 cm³/mol. The highest BCUT2D eigenvalue weighted by molar-refractivity contribution is 5.77. The molecule has 0 aromatic carbocycles. The number of nitrogens with one attached hydrogen (secondary N) is 1. The molecule has 0 aromatic rings. The minimum Gasteiger partial charge on any atom is -0.377 e. The van der Waals surface area contributed by atoms with Gasteiger partial charge in [-0.25, -0.2) is 0 Å². The average molecular weight is 256 g/mol. The second-order valence-electron chi connectivity index (χ2n) is 4.98. The number of amides is 1. The maximum absolute atomic E-state index is 12.1. The van der Waals surface area contributed by atoms with Gasteiger partial charge in [-0.3, -0.25) is 4.79 Å². The molecule has 2 fully saturated rings. The molecule has 2 aliphatic heterocycles. The molecular formula is C13H24N2O3. The number of hydrogen-bond donors (Lipinski definition) is 1. The summed E-state index contributed by atoms with van der Waals surface area (Å²) >= 11 is 0. The molecule has 5 heteroatoms. The van der Waals surface area contributed by atoms with Crippen LogP contribution < -0.4 is 5.32 Å². The van der Waals surface area contributed by atoms with Crippen LogP contribution in [0.25, 0.3) is 0 Å². The highest BCUT2D eigenvalue weighted by Crippen LogP contribution is 2.12. The van der Waals surface area contributed by atoms with Crippen molar-refractivity contribution in [3.8, 4) is 0 Å². The van der Waals surface area contributed by atoms with E-state index in [2.05, 4.69) is 12.2 Å². The molecule has 2 heterocycles. The first-order valence-electron chi connectivity index (χ1n) is 7.00. The van der Waals surface area contributed by atoms with E-state index in [-0.39, 0.29) is 24.7 Å². The molecule has 2 aliphatic rings. The second kappa shape index (κ2) is 7.07. The second-order valence-corrected chi connectivity index (χ2v) is 4.98. The summed E-state index contributed by atoms with van der Waals surface area (Å²) in [6.07, 6.45) is 3.21. The minimum atomic E-state index is 0.115. The van der Waals surface area contributed by atoms with Crippen molar-refractivity contribution in [2.24, 2.45) is 0 Å². The Labute approximate surface area is 109 Å². The monoisotopic (exact) mass is 256 g/mol. The summed E-state index contributed by atoms with van der Waals surface area (Å²) in [5.41, 5.74) is 0. The van der Waals surface area contributed by atoms with Crippen LogP contribution in [-0.4, -0.2) is 62.4 Å². The van der Waals surface area contributed by atoms with Gasteiger partial charge in [0, 0.05) is 6.54 Å². The smallest absolute Gasteiger partial charge is 0.248 e. The van der Waals surface area contributed by atoms with Crippen molar-refractivity contribution in [1.29, 1.82) is 0 Å². The third-order valence-electron chi connectivity index (χ3n) is 3.75. The van der Waals surface area contributed by atoms with Gasteiger partial charge in [0.05, 0.1) is 25.4 Å². The molecule has 2 rings (SSSR count). The molecule has 0 saturated carbocycles. The first-order valence-corrected chi connectivity index (χ1v) is 7.00. The molecule has 1 unspecified atom stereocenters. The Kier molecular flexibility index (Phi) is 5.41. The first-order chi connectivity index (χ1) is 8.81. The van der Waals surface area contributed by atoms with Crippen molar-refractivity contribution >= 4 is 5.91 Å². The largest absolute Gasteiger partial charge is 0.377 e. The van der Waals surface area contributed by atoms with Gasteiger partial charge in [0.1, 0.15) is 6.61 Å². The van der Waals surface area contributed by atoms with Crippen LogP contribution in [0.3, 0.4) is 0 Å². The fraction of sp³-hybridized carbons (Fsp3) is 0.923. The van der Waals surface area contributed by atoms with Crippen LogP contribution in [0.1, 0.15) is 26.2 Å². The van der Waals surface area contributed by atoms with Gasteiger partial charge in [0.25, 0.3) is 0 Å². The lowest BCUT2D eigenvalue weighted by Crippen LogP contribution is -2.50. The zero-order valence-electron chi connectivity index (χ0n) is 11.2. The van der Waals surface area contributed by atoms with Crippen LogP contribution in [0, 0.1) is 0 Å². The van der Waals surface area contributed by atoms with Gasteiger partial charge in [-0.15, -0.1) is 0 Å². The van der Waals surface area contributed by atoms with E-state index in [9.17, 15) is 4.79 Å². The molecule has 2 saturated heterocycles. The first kappa shape index (κ1) is 13.8. The lowest BCUT2D eigenvalue weighted by atomic mass is 10.1. The number of piperidine rings is 1. The Hall–Kier alpha value is -0.650. The van der Waals surface area contributed by atoms with Crippen LogP contribution in [0.15, 0.2) is 0 Å². The zero-order chi connectivity index (χ0) is 12.8. The number of hydrogen-bond acceptors (Lipinski definition) is 4. The Balaban J connectivity index is 1.75. The number of rotatable bonds is 4. The van der Waals surface area contributed by atoms with Gasteiger partial charge < -0.3 is 19.7 Å². The zero-order valence-corrected chi connectivity index (χ0v) is 11.2. The van der Waals surface area contributed by atoms with Crippen LogP contribution >= 0.6 is 0 Å². The van der Waals surface area contributed by atoms with E-state index in [4.69, 9.17) is 9.47 Å². The summed E-state index contributed by atoms with van der Waals surface area (Å²) in [5, 5.41) is 3.29. The summed E-state index contributed by atoms with van der Waals surface area (Å²) in [5.74, 6) is 0.115. The molecule has 1 N–H and O–H groups in total. The van der Waals surface area contributed by atoms with Gasteiger partial charge >= 0.3 is 0 Å². The Bertz CT molecular complexity index is 267. The van der Waals surface area contributed by atoms with Crippen LogP contribution in [0.2, 0.25) is 0 Å². The summed E-state index contributed by atoms with van der Waals surface area (Å²) in [6, 6.07) is 0.225. The molecule has 0 aromatic heterocycles. The highest BCUT2D eigenvalue weighted by atomic mass is 16.5. The molecule has 0 radical (unpaired) electrons. The van der Waals surface area contributed by atoms with Crippen molar-refractivity contribution in [2.45, 2.75) is 38.3 Å². The van der Waals surface area contributed by atoms with Crippen molar-refractivity contribution in [2.75, 3.05) is 39.5 Å². The molecule has 104 valence electrons. The Morgan fingerprint density at radius 1 is 1.44 bits per heavy atom. The molecular weight excluding hydrogens is 232 g/mol. The molecule has 5 nitrogen and oxygen atoms in total. The molecule has 0 spiro atoms. The number of morpholine rings is 1. The standard InChI is InChI=1S/C13H24N2O3/c1-2-11-9-17-8-7-15(11)13(16)10-18-12-3-5-14-6-4-12/h11-12,14H,2-10H2,1H3. The van der Waals surface area contributed by atoms with Crippen molar-refractivity contribution in [3.05, 3.63) is 0 Å². The SMILES string of the molecule is CCC1COCCN1C(=O)COC1CCNCC1. The van der Waals surface area contributed by atoms with Crippen molar-refractivity contribution in [3.63, 3.8) is 0 Å². The summed E-state index contributed by atoms with van der Waals surface area (Å²) in [4.78, 5) is 14.1. The predicted octanol–water partition coefficient (Wildman–Crippen LogP) is 0.392. The third kappa shape index (κ3) is 3.67. The quantitative estimate of drug-likeness (QED) is 0.790. The average Bonchev–Trinajstić information content (AvgIpc) is 2.45. The van der Waals surface area contributed by atoms with Gasteiger partial charge in [-0.05, 0) is 32.4 Å². The maximum Gasteiger partial charge on any atom is 0.248 e. The van der Waals surface area contributed by atoms with E-state index >= 15 is 0 Å². The fourth-order valence-corrected chi connectivity index (χ4v) is 2.56. The lowest BCUT2D eigenvalue weighted by Gasteiger charge is -2.35. The number of ether oxygens (including phenoxy) is 2. The number of carbonyl (C=O) groups is 1. The maximum atomic E-state index is 12.1. The fourth-order valence-electron chi connectivity index (χ4n) is 2.56. The van der Waals surface area contributed by atoms with Gasteiger partial charge in [0.2, 0.25) is 5.91 Å². The molecule has 18 heavy (non-hydrogen) atoms. The van der Waals surface area contributed by atoms with E-state index < -0.39 is 0 Å². The van der Waals surface area contributed by atoms with Crippen LogP contribution in [0.4, 0.5) is 0 Å². The number of carbonyl (C=O) groups excluding carboxylic acids is 1.